The van der Waals surface area contributed by atoms with Gasteiger partial charge in [-0.25, -0.2) is 0 Å². The van der Waals surface area contributed by atoms with Gasteiger partial charge in [0, 0.05) is 17.3 Å². The Balaban J connectivity index is 1.44. The molecule has 26 heavy (non-hydrogen) atoms. The van der Waals surface area contributed by atoms with Crippen molar-refractivity contribution in [2.75, 3.05) is 16.8 Å². The third-order valence-corrected chi connectivity index (χ3v) is 5.57. The van der Waals surface area contributed by atoms with Crippen molar-refractivity contribution in [2.45, 2.75) is 19.3 Å². The molecule has 1 aliphatic carbocycles. The molecular formula is C20H18Cl2N2O2. The number of hydrogen-bond acceptors (Lipinski definition) is 2. The van der Waals surface area contributed by atoms with Gasteiger partial charge < -0.3 is 10.2 Å². The summed E-state index contributed by atoms with van der Waals surface area (Å²) in [6, 6.07) is 12.9. The minimum Gasteiger partial charge on any atom is -0.324 e. The summed E-state index contributed by atoms with van der Waals surface area (Å²) < 4.78 is 0. The first-order valence-corrected chi connectivity index (χ1v) is 9.45. The van der Waals surface area contributed by atoms with Crippen LogP contribution in [0.5, 0.6) is 0 Å². The van der Waals surface area contributed by atoms with Gasteiger partial charge in [0.2, 0.25) is 11.8 Å². The molecule has 2 aromatic rings. The first-order chi connectivity index (χ1) is 12.5. The van der Waals surface area contributed by atoms with Crippen LogP contribution in [-0.2, 0) is 16.0 Å². The Morgan fingerprint density at radius 1 is 1.08 bits per heavy atom. The van der Waals surface area contributed by atoms with Crippen molar-refractivity contribution in [2.24, 2.45) is 11.8 Å². The molecular weight excluding hydrogens is 371 g/mol. The quantitative estimate of drug-likeness (QED) is 0.838. The van der Waals surface area contributed by atoms with Crippen molar-refractivity contribution in [1.29, 1.82) is 0 Å². The third kappa shape index (κ3) is 3.31. The Morgan fingerprint density at radius 3 is 2.73 bits per heavy atom. The summed E-state index contributed by atoms with van der Waals surface area (Å²) in [5, 5.41) is 3.72. The lowest BCUT2D eigenvalue weighted by molar-refractivity contribution is -0.123. The van der Waals surface area contributed by atoms with Crippen LogP contribution in [0.3, 0.4) is 0 Å². The molecule has 134 valence electrons. The second kappa shape index (κ2) is 6.93. The minimum atomic E-state index is -0.313. The molecule has 6 heteroatoms. The molecule has 1 fully saturated rings. The van der Waals surface area contributed by atoms with E-state index in [2.05, 4.69) is 11.4 Å². The van der Waals surface area contributed by atoms with Crippen LogP contribution in [0.25, 0.3) is 0 Å². The van der Waals surface area contributed by atoms with Crippen LogP contribution >= 0.6 is 23.2 Å². The van der Waals surface area contributed by atoms with E-state index in [0.29, 0.717) is 28.7 Å². The fourth-order valence-corrected chi connectivity index (χ4v) is 3.88. The molecule has 2 aromatic carbocycles. The van der Waals surface area contributed by atoms with Crippen LogP contribution in [0.4, 0.5) is 11.4 Å². The number of nitrogens with zero attached hydrogens (tertiary/aromatic N) is 1. The zero-order valence-electron chi connectivity index (χ0n) is 14.0. The lowest BCUT2D eigenvalue weighted by atomic mass is 10.0. The highest BCUT2D eigenvalue weighted by Gasteiger charge is 2.50. The fourth-order valence-electron chi connectivity index (χ4n) is 3.54. The molecule has 4 nitrogen and oxygen atoms in total. The van der Waals surface area contributed by atoms with Gasteiger partial charge in [0.1, 0.15) is 0 Å². The summed E-state index contributed by atoms with van der Waals surface area (Å²) in [6.45, 7) is 0.709. The summed E-state index contributed by atoms with van der Waals surface area (Å²) in [7, 11) is 0. The number of carbonyl (C=O) groups excluding carboxylic acids is 2. The molecule has 2 aliphatic rings. The van der Waals surface area contributed by atoms with Gasteiger partial charge in [-0.1, -0.05) is 41.4 Å². The van der Waals surface area contributed by atoms with Crippen molar-refractivity contribution in [3.63, 3.8) is 0 Å². The van der Waals surface area contributed by atoms with Gasteiger partial charge in [-0.3, -0.25) is 9.59 Å². The maximum atomic E-state index is 12.9. The Kier molecular flexibility index (Phi) is 4.63. The van der Waals surface area contributed by atoms with E-state index in [0.717, 1.165) is 18.5 Å². The van der Waals surface area contributed by atoms with Gasteiger partial charge in [0.25, 0.3) is 0 Å². The minimum absolute atomic E-state index is 0.0366. The molecule has 0 aromatic heterocycles. The molecule has 1 heterocycles. The molecule has 1 N–H and O–H groups in total. The maximum absolute atomic E-state index is 12.9. The van der Waals surface area contributed by atoms with Crippen LogP contribution in [0.1, 0.15) is 18.4 Å². The molecule has 0 saturated heterocycles. The topological polar surface area (TPSA) is 49.4 Å². The molecule has 2 atom stereocenters. The standard InChI is InChI=1S/C20H18Cl2N2O2/c21-13-7-8-16(22)17(10-13)23-19(25)14-11-15(14)20(26)24-9-3-5-12-4-1-2-6-18(12)24/h1-2,4,6-8,10,14-15H,3,5,9,11H2,(H,23,25). The highest BCUT2D eigenvalue weighted by atomic mass is 35.5. The predicted octanol–water partition coefficient (Wildman–Crippen LogP) is 4.55. The summed E-state index contributed by atoms with van der Waals surface area (Å²) in [5.74, 6) is -0.724. The molecule has 2 unspecified atom stereocenters. The van der Waals surface area contributed by atoms with E-state index >= 15 is 0 Å². The monoisotopic (exact) mass is 388 g/mol. The first-order valence-electron chi connectivity index (χ1n) is 8.70. The zero-order valence-corrected chi connectivity index (χ0v) is 15.6. The normalized spacial score (nSPS) is 21.1. The van der Waals surface area contributed by atoms with Crippen LogP contribution in [0.15, 0.2) is 42.5 Å². The number of amides is 2. The smallest absolute Gasteiger partial charge is 0.230 e. The number of anilines is 2. The summed E-state index contributed by atoms with van der Waals surface area (Å²) >= 11 is 12.0. The molecule has 4 rings (SSSR count). The van der Waals surface area contributed by atoms with E-state index in [9.17, 15) is 9.59 Å². The SMILES string of the molecule is O=C(Nc1cc(Cl)ccc1Cl)C1CC1C(=O)N1CCCc2ccccc21. The maximum Gasteiger partial charge on any atom is 0.230 e. The van der Waals surface area contributed by atoms with E-state index in [-0.39, 0.29) is 23.7 Å². The number of nitrogens with one attached hydrogen (secondary N) is 1. The largest absolute Gasteiger partial charge is 0.324 e. The predicted molar refractivity (Wildman–Crippen MR) is 104 cm³/mol. The van der Waals surface area contributed by atoms with E-state index in [4.69, 9.17) is 23.2 Å². The second-order valence-electron chi connectivity index (χ2n) is 6.78. The highest BCUT2D eigenvalue weighted by molar-refractivity contribution is 6.35. The van der Waals surface area contributed by atoms with Crippen LogP contribution in [0.2, 0.25) is 10.0 Å². The average Bonchev–Trinajstić information content (AvgIpc) is 3.44. The van der Waals surface area contributed by atoms with Crippen molar-refractivity contribution in [3.8, 4) is 0 Å². The molecule has 2 amide bonds. The molecule has 1 saturated carbocycles. The summed E-state index contributed by atoms with van der Waals surface area (Å²) in [4.78, 5) is 27.2. The Hall–Kier alpha value is -2.04. The van der Waals surface area contributed by atoms with Crippen molar-refractivity contribution >= 4 is 46.4 Å². The molecule has 0 radical (unpaired) electrons. The van der Waals surface area contributed by atoms with E-state index < -0.39 is 0 Å². The number of para-hydroxylation sites is 1. The van der Waals surface area contributed by atoms with Crippen LogP contribution < -0.4 is 10.2 Å². The van der Waals surface area contributed by atoms with Gasteiger partial charge in [-0.15, -0.1) is 0 Å². The number of rotatable bonds is 3. The lowest BCUT2D eigenvalue weighted by Crippen LogP contribution is -2.37. The zero-order chi connectivity index (χ0) is 18.3. The fraction of sp³-hybridized carbons (Fsp3) is 0.300. The number of carbonyl (C=O) groups is 2. The van der Waals surface area contributed by atoms with Crippen LogP contribution in [-0.4, -0.2) is 18.4 Å². The molecule has 0 bridgehead atoms. The van der Waals surface area contributed by atoms with Crippen LogP contribution in [0, 0.1) is 11.8 Å². The second-order valence-corrected chi connectivity index (χ2v) is 7.63. The Morgan fingerprint density at radius 2 is 1.88 bits per heavy atom. The van der Waals surface area contributed by atoms with E-state index in [1.165, 1.54) is 5.56 Å². The van der Waals surface area contributed by atoms with Gasteiger partial charge in [-0.05, 0) is 49.1 Å². The number of halogens is 2. The van der Waals surface area contributed by atoms with Crippen molar-refractivity contribution in [1.82, 2.24) is 0 Å². The Labute approximate surface area is 162 Å². The summed E-state index contributed by atoms with van der Waals surface area (Å²) in [6.07, 6.45) is 2.51. The number of hydrogen-bond donors (Lipinski definition) is 1. The first kappa shape index (κ1) is 17.4. The van der Waals surface area contributed by atoms with Gasteiger partial charge in [0.05, 0.1) is 22.5 Å². The van der Waals surface area contributed by atoms with E-state index in [1.54, 1.807) is 18.2 Å². The molecule has 0 spiro atoms. The Bertz CT molecular complexity index is 884. The van der Waals surface area contributed by atoms with Gasteiger partial charge in [-0.2, -0.15) is 0 Å². The van der Waals surface area contributed by atoms with Crippen molar-refractivity contribution in [3.05, 3.63) is 58.1 Å². The average molecular weight is 389 g/mol. The van der Waals surface area contributed by atoms with E-state index in [1.807, 2.05) is 23.1 Å². The van der Waals surface area contributed by atoms with Gasteiger partial charge in [0.15, 0.2) is 0 Å². The lowest BCUT2D eigenvalue weighted by Gasteiger charge is -2.29. The molecule has 1 aliphatic heterocycles. The van der Waals surface area contributed by atoms with Gasteiger partial charge >= 0.3 is 0 Å². The van der Waals surface area contributed by atoms with Crippen molar-refractivity contribution < 1.29 is 9.59 Å². The summed E-state index contributed by atoms with van der Waals surface area (Å²) in [5.41, 5.74) is 2.65. The highest BCUT2D eigenvalue weighted by Crippen LogP contribution is 2.43. The number of fused-ring (bicyclic) bond motifs is 1. The number of benzene rings is 2. The number of aryl methyl sites for hydroxylation is 1. The third-order valence-electron chi connectivity index (χ3n) is 5.01.